The fraction of sp³-hybridized carbons (Fsp3) is 0.200. The van der Waals surface area contributed by atoms with Crippen LogP contribution in [0, 0.1) is 6.92 Å². The van der Waals surface area contributed by atoms with Crippen LogP contribution in [0.1, 0.15) is 11.3 Å². The number of halogens is 2. The Bertz CT molecular complexity index is 825. The summed E-state index contributed by atoms with van der Waals surface area (Å²) < 4.78 is 35.9. The largest absolute Gasteiger partial charge is 0.471 e. The minimum Gasteiger partial charge on any atom is -0.471 e. The van der Waals surface area contributed by atoms with Crippen molar-refractivity contribution in [2.24, 2.45) is 0 Å². The van der Waals surface area contributed by atoms with E-state index in [2.05, 4.69) is 25.0 Å². The van der Waals surface area contributed by atoms with Crippen LogP contribution in [0.25, 0.3) is 5.69 Å². The van der Waals surface area contributed by atoms with Crippen molar-refractivity contribution in [3.63, 3.8) is 0 Å². The molecule has 0 atom stereocenters. The van der Waals surface area contributed by atoms with Gasteiger partial charge in [0.25, 0.3) is 0 Å². The molecular weight excluding hydrogens is 320 g/mol. The van der Waals surface area contributed by atoms with Crippen LogP contribution in [0.4, 0.5) is 8.78 Å². The van der Waals surface area contributed by atoms with Gasteiger partial charge in [-0.25, -0.2) is 14.6 Å². The first kappa shape index (κ1) is 15.8. The molecule has 0 radical (unpaired) electrons. The van der Waals surface area contributed by atoms with Crippen molar-refractivity contribution in [3.05, 3.63) is 54.2 Å². The number of nitrogens with zero attached hydrogens (tertiary/aromatic N) is 5. The minimum absolute atomic E-state index is 0.0485. The number of rotatable bonds is 6. The molecule has 0 aliphatic heterocycles. The Kier molecular flexibility index (Phi) is 4.59. The second kappa shape index (κ2) is 6.99. The molecule has 2 heterocycles. The maximum absolute atomic E-state index is 12.3. The molecule has 24 heavy (non-hydrogen) atoms. The summed E-state index contributed by atoms with van der Waals surface area (Å²) in [5.41, 5.74) is 1.92. The van der Waals surface area contributed by atoms with E-state index in [1.54, 1.807) is 24.5 Å². The highest BCUT2D eigenvalue weighted by Crippen LogP contribution is 2.19. The molecule has 2 aromatic heterocycles. The molecule has 0 aliphatic rings. The average Bonchev–Trinajstić information content (AvgIpc) is 3.03. The first-order valence-corrected chi connectivity index (χ1v) is 6.97. The SMILES string of the molecule is Cc1cncnc1OCc1cn(-c2cccc(OC(F)F)c2)nn1. The lowest BCUT2D eigenvalue weighted by Crippen LogP contribution is -2.03. The predicted molar refractivity (Wildman–Crippen MR) is 79.1 cm³/mol. The van der Waals surface area contributed by atoms with E-state index in [1.165, 1.54) is 23.1 Å². The summed E-state index contributed by atoms with van der Waals surface area (Å²) >= 11 is 0. The molecule has 0 aliphatic carbocycles. The number of ether oxygens (including phenoxy) is 2. The maximum Gasteiger partial charge on any atom is 0.387 e. The van der Waals surface area contributed by atoms with Gasteiger partial charge >= 0.3 is 6.61 Å². The molecule has 3 aromatic rings. The van der Waals surface area contributed by atoms with Gasteiger partial charge < -0.3 is 9.47 Å². The van der Waals surface area contributed by atoms with Crippen LogP contribution in [-0.2, 0) is 6.61 Å². The molecule has 7 nitrogen and oxygen atoms in total. The van der Waals surface area contributed by atoms with Crippen molar-refractivity contribution in [2.75, 3.05) is 0 Å². The van der Waals surface area contributed by atoms with Gasteiger partial charge in [-0.2, -0.15) is 8.78 Å². The summed E-state index contributed by atoms with van der Waals surface area (Å²) in [6, 6.07) is 6.18. The molecule has 3 rings (SSSR count). The maximum atomic E-state index is 12.3. The van der Waals surface area contributed by atoms with Crippen LogP contribution >= 0.6 is 0 Å². The summed E-state index contributed by atoms with van der Waals surface area (Å²) in [6.07, 6.45) is 4.68. The third-order valence-electron chi connectivity index (χ3n) is 3.05. The quantitative estimate of drug-likeness (QED) is 0.690. The van der Waals surface area contributed by atoms with Gasteiger partial charge in [0.05, 0.1) is 11.9 Å². The molecule has 0 N–H and O–H groups in total. The normalized spacial score (nSPS) is 10.8. The standard InChI is InChI=1S/C15H13F2N5O2/c1-10-6-18-9-19-14(10)23-8-11-7-22(21-20-11)12-3-2-4-13(5-12)24-15(16)17/h2-7,9,15H,8H2,1H3. The van der Waals surface area contributed by atoms with Gasteiger partial charge in [0.15, 0.2) is 0 Å². The van der Waals surface area contributed by atoms with E-state index < -0.39 is 6.61 Å². The topological polar surface area (TPSA) is 75.0 Å². The van der Waals surface area contributed by atoms with E-state index in [-0.39, 0.29) is 12.4 Å². The molecule has 1 aromatic carbocycles. The summed E-state index contributed by atoms with van der Waals surface area (Å²) in [5.74, 6) is 0.513. The minimum atomic E-state index is -2.88. The molecule has 0 bridgehead atoms. The number of hydrogen-bond donors (Lipinski definition) is 0. The fourth-order valence-electron chi connectivity index (χ4n) is 1.97. The third kappa shape index (κ3) is 3.80. The highest BCUT2D eigenvalue weighted by atomic mass is 19.3. The fourth-order valence-corrected chi connectivity index (χ4v) is 1.97. The van der Waals surface area contributed by atoms with Crippen molar-refractivity contribution in [1.82, 2.24) is 25.0 Å². The van der Waals surface area contributed by atoms with Crippen LogP contribution < -0.4 is 9.47 Å². The highest BCUT2D eigenvalue weighted by Gasteiger charge is 2.08. The summed E-state index contributed by atoms with van der Waals surface area (Å²) in [5, 5.41) is 7.94. The molecule has 0 amide bonds. The van der Waals surface area contributed by atoms with Crippen molar-refractivity contribution < 1.29 is 18.3 Å². The Balaban J connectivity index is 1.70. The van der Waals surface area contributed by atoms with Gasteiger partial charge in [0.2, 0.25) is 5.88 Å². The van der Waals surface area contributed by atoms with Crippen molar-refractivity contribution >= 4 is 0 Å². The van der Waals surface area contributed by atoms with E-state index in [4.69, 9.17) is 4.74 Å². The second-order valence-electron chi connectivity index (χ2n) is 4.83. The van der Waals surface area contributed by atoms with E-state index in [0.29, 0.717) is 17.3 Å². The predicted octanol–water partition coefficient (Wildman–Crippen LogP) is 2.55. The Morgan fingerprint density at radius 1 is 1.29 bits per heavy atom. The van der Waals surface area contributed by atoms with Crippen LogP contribution in [0.3, 0.4) is 0 Å². The number of aromatic nitrogens is 5. The number of benzene rings is 1. The third-order valence-corrected chi connectivity index (χ3v) is 3.05. The Morgan fingerprint density at radius 2 is 2.17 bits per heavy atom. The van der Waals surface area contributed by atoms with Crippen molar-refractivity contribution in [3.8, 4) is 17.3 Å². The van der Waals surface area contributed by atoms with Gasteiger partial charge in [-0.15, -0.1) is 5.10 Å². The lowest BCUT2D eigenvalue weighted by atomic mass is 10.3. The lowest BCUT2D eigenvalue weighted by molar-refractivity contribution is -0.0498. The summed E-state index contributed by atoms with van der Waals surface area (Å²) in [4.78, 5) is 7.91. The van der Waals surface area contributed by atoms with Crippen molar-refractivity contribution in [1.29, 1.82) is 0 Å². The monoisotopic (exact) mass is 333 g/mol. The van der Waals surface area contributed by atoms with Crippen LogP contribution in [0.15, 0.2) is 43.0 Å². The molecule has 0 spiro atoms. The number of aryl methyl sites for hydroxylation is 1. The second-order valence-corrected chi connectivity index (χ2v) is 4.83. The zero-order valence-electron chi connectivity index (χ0n) is 12.6. The molecular formula is C15H13F2N5O2. The zero-order chi connectivity index (χ0) is 16.9. The van der Waals surface area contributed by atoms with Crippen LogP contribution in [0.5, 0.6) is 11.6 Å². The van der Waals surface area contributed by atoms with Crippen LogP contribution in [-0.4, -0.2) is 31.6 Å². The Hall–Kier alpha value is -3.10. The number of hydrogen-bond acceptors (Lipinski definition) is 6. The van der Waals surface area contributed by atoms with E-state index >= 15 is 0 Å². The highest BCUT2D eigenvalue weighted by molar-refractivity contribution is 5.38. The zero-order valence-corrected chi connectivity index (χ0v) is 12.6. The van der Waals surface area contributed by atoms with E-state index in [0.717, 1.165) is 5.56 Å². The first-order valence-electron chi connectivity index (χ1n) is 6.97. The Labute approximate surface area is 135 Å². The van der Waals surface area contributed by atoms with Crippen LogP contribution in [0.2, 0.25) is 0 Å². The number of alkyl halides is 2. The summed E-state index contributed by atoms with van der Waals surface area (Å²) in [6.45, 7) is -0.873. The van der Waals surface area contributed by atoms with Gasteiger partial charge in [0, 0.05) is 17.8 Å². The lowest BCUT2D eigenvalue weighted by Gasteiger charge is -2.06. The first-order chi connectivity index (χ1) is 11.6. The average molecular weight is 333 g/mol. The molecule has 0 saturated heterocycles. The van der Waals surface area contributed by atoms with Gasteiger partial charge in [0.1, 0.15) is 24.4 Å². The summed E-state index contributed by atoms with van der Waals surface area (Å²) in [7, 11) is 0. The molecule has 9 heteroatoms. The van der Waals surface area contributed by atoms with E-state index in [1.807, 2.05) is 6.92 Å². The molecule has 124 valence electrons. The molecule has 0 fully saturated rings. The Morgan fingerprint density at radius 3 is 2.96 bits per heavy atom. The molecule has 0 unspecified atom stereocenters. The van der Waals surface area contributed by atoms with Crippen molar-refractivity contribution in [2.45, 2.75) is 20.1 Å². The van der Waals surface area contributed by atoms with E-state index in [9.17, 15) is 8.78 Å². The molecule has 0 saturated carbocycles. The van der Waals surface area contributed by atoms with Gasteiger partial charge in [-0.3, -0.25) is 0 Å². The smallest absolute Gasteiger partial charge is 0.387 e. The van der Waals surface area contributed by atoms with Gasteiger partial charge in [-0.1, -0.05) is 11.3 Å². The van der Waals surface area contributed by atoms with Gasteiger partial charge in [-0.05, 0) is 19.1 Å².